The molecule has 148 valence electrons. The molecule has 1 fully saturated rings. The second-order valence-electron chi connectivity index (χ2n) is 6.42. The minimum Gasteiger partial charge on any atom is -0.493 e. The standard InChI is InChI=1S/C21H24N2O4S/c1-5-14-6-8-16(9-7-14)23-19(24)13-22(21(23)28)12-15-10-17(25-2)20(27-4)18(11-15)26-3/h6-11H,5,12-13H2,1-4H3. The largest absolute Gasteiger partial charge is 0.493 e. The fourth-order valence-corrected chi connectivity index (χ4v) is 3.59. The molecule has 0 spiro atoms. The number of thiocarbonyl (C=S) groups is 1. The van der Waals surface area contributed by atoms with Crippen LogP contribution in [0.1, 0.15) is 18.1 Å². The molecule has 0 bridgehead atoms. The minimum atomic E-state index is -0.0401. The quantitative estimate of drug-likeness (QED) is 0.664. The molecule has 0 saturated carbocycles. The fraction of sp³-hybridized carbons (Fsp3) is 0.333. The molecule has 1 saturated heterocycles. The van der Waals surface area contributed by atoms with Crippen LogP contribution in [-0.2, 0) is 17.8 Å². The molecule has 0 radical (unpaired) electrons. The van der Waals surface area contributed by atoms with Crippen molar-refractivity contribution < 1.29 is 19.0 Å². The average Bonchev–Trinajstić information content (AvgIpc) is 3.00. The predicted octanol–water partition coefficient (Wildman–Crippen LogP) is 3.41. The Morgan fingerprint density at radius 3 is 2.07 bits per heavy atom. The van der Waals surface area contributed by atoms with Gasteiger partial charge in [0.05, 0.1) is 27.0 Å². The number of ether oxygens (including phenoxy) is 3. The van der Waals surface area contributed by atoms with E-state index in [1.165, 1.54) is 5.56 Å². The number of methoxy groups -OCH3 is 3. The van der Waals surface area contributed by atoms with Crippen LogP contribution in [-0.4, -0.2) is 43.8 Å². The van der Waals surface area contributed by atoms with E-state index in [9.17, 15) is 4.79 Å². The highest BCUT2D eigenvalue weighted by molar-refractivity contribution is 7.80. The van der Waals surface area contributed by atoms with Gasteiger partial charge in [-0.05, 0) is 54.0 Å². The van der Waals surface area contributed by atoms with Crippen LogP contribution in [0.4, 0.5) is 5.69 Å². The zero-order valence-electron chi connectivity index (χ0n) is 16.5. The van der Waals surface area contributed by atoms with Gasteiger partial charge in [0.1, 0.15) is 6.54 Å². The van der Waals surface area contributed by atoms with Crippen molar-refractivity contribution in [2.45, 2.75) is 19.9 Å². The molecule has 1 heterocycles. The molecule has 0 aromatic heterocycles. The SMILES string of the molecule is CCc1ccc(N2C(=O)CN(Cc3cc(OC)c(OC)c(OC)c3)C2=S)cc1. The number of nitrogens with zero attached hydrogens (tertiary/aromatic N) is 2. The van der Waals surface area contributed by atoms with Crippen molar-refractivity contribution in [1.29, 1.82) is 0 Å². The van der Waals surface area contributed by atoms with Gasteiger partial charge in [-0.15, -0.1) is 0 Å². The lowest BCUT2D eigenvalue weighted by Crippen LogP contribution is -2.32. The number of amides is 1. The molecule has 6 nitrogen and oxygen atoms in total. The molecule has 0 unspecified atom stereocenters. The molecule has 7 heteroatoms. The van der Waals surface area contributed by atoms with Gasteiger partial charge in [0.15, 0.2) is 16.6 Å². The Morgan fingerprint density at radius 1 is 0.964 bits per heavy atom. The Balaban J connectivity index is 1.84. The molecule has 1 amide bonds. The van der Waals surface area contributed by atoms with E-state index in [0.29, 0.717) is 28.9 Å². The van der Waals surface area contributed by atoms with Crippen molar-refractivity contribution in [3.05, 3.63) is 47.5 Å². The van der Waals surface area contributed by atoms with E-state index in [-0.39, 0.29) is 12.5 Å². The lowest BCUT2D eigenvalue weighted by molar-refractivity contribution is -0.116. The van der Waals surface area contributed by atoms with Crippen molar-refractivity contribution in [1.82, 2.24) is 4.90 Å². The van der Waals surface area contributed by atoms with Crippen LogP contribution in [0.2, 0.25) is 0 Å². The summed E-state index contributed by atoms with van der Waals surface area (Å²) in [5, 5.41) is 0.489. The maximum atomic E-state index is 12.6. The lowest BCUT2D eigenvalue weighted by atomic mass is 10.1. The molecule has 2 aromatic carbocycles. The first-order valence-corrected chi connectivity index (χ1v) is 9.42. The van der Waals surface area contributed by atoms with Crippen molar-refractivity contribution in [2.75, 3.05) is 32.8 Å². The number of rotatable bonds is 7. The molecule has 2 aromatic rings. The number of carbonyl (C=O) groups excluding carboxylic acids is 1. The van der Waals surface area contributed by atoms with Gasteiger partial charge in [-0.25, -0.2) is 0 Å². The van der Waals surface area contributed by atoms with E-state index in [0.717, 1.165) is 17.7 Å². The number of aryl methyl sites for hydroxylation is 1. The van der Waals surface area contributed by atoms with Crippen LogP contribution in [0.15, 0.2) is 36.4 Å². The second kappa shape index (κ2) is 8.48. The fourth-order valence-electron chi connectivity index (χ4n) is 3.26. The van der Waals surface area contributed by atoms with E-state index < -0.39 is 0 Å². The van der Waals surface area contributed by atoms with Crippen molar-refractivity contribution in [3.63, 3.8) is 0 Å². The number of hydrogen-bond acceptors (Lipinski definition) is 5. The Bertz CT molecular complexity index is 857. The lowest BCUT2D eigenvalue weighted by Gasteiger charge is -2.21. The first kappa shape index (κ1) is 19.9. The summed E-state index contributed by atoms with van der Waals surface area (Å²) < 4.78 is 16.2. The van der Waals surface area contributed by atoms with Gasteiger partial charge in [0.25, 0.3) is 5.91 Å². The molecule has 0 atom stereocenters. The third-order valence-corrected chi connectivity index (χ3v) is 5.18. The van der Waals surface area contributed by atoms with Gasteiger partial charge in [-0.3, -0.25) is 9.69 Å². The molecule has 0 N–H and O–H groups in total. The summed E-state index contributed by atoms with van der Waals surface area (Å²) in [4.78, 5) is 16.1. The summed E-state index contributed by atoms with van der Waals surface area (Å²) in [7, 11) is 4.72. The maximum Gasteiger partial charge on any atom is 0.252 e. The molecule has 3 rings (SSSR count). The van der Waals surface area contributed by atoms with E-state index >= 15 is 0 Å². The van der Waals surface area contributed by atoms with E-state index in [4.69, 9.17) is 26.4 Å². The molecule has 0 aliphatic carbocycles. The minimum absolute atomic E-state index is 0.0401. The van der Waals surface area contributed by atoms with Crippen molar-refractivity contribution in [3.8, 4) is 17.2 Å². The topological polar surface area (TPSA) is 51.2 Å². The summed E-state index contributed by atoms with van der Waals surface area (Å²) >= 11 is 5.60. The molecule has 28 heavy (non-hydrogen) atoms. The van der Waals surface area contributed by atoms with Crippen molar-refractivity contribution in [2.24, 2.45) is 0 Å². The highest BCUT2D eigenvalue weighted by Gasteiger charge is 2.34. The number of hydrogen-bond donors (Lipinski definition) is 0. The molecular weight excluding hydrogens is 376 g/mol. The van der Waals surface area contributed by atoms with Crippen LogP contribution in [0, 0.1) is 0 Å². The van der Waals surface area contributed by atoms with Gasteiger partial charge < -0.3 is 19.1 Å². The molecule has 1 aliphatic heterocycles. The summed E-state index contributed by atoms with van der Waals surface area (Å²) in [6.45, 7) is 2.79. The summed E-state index contributed by atoms with van der Waals surface area (Å²) in [5.74, 6) is 1.63. The van der Waals surface area contributed by atoms with Crippen LogP contribution in [0.3, 0.4) is 0 Å². The first-order chi connectivity index (χ1) is 13.5. The summed E-state index contributed by atoms with van der Waals surface area (Å²) in [6.07, 6.45) is 0.950. The molecule has 1 aliphatic rings. The average molecular weight is 401 g/mol. The van der Waals surface area contributed by atoms with Crippen LogP contribution in [0.5, 0.6) is 17.2 Å². The maximum absolute atomic E-state index is 12.6. The van der Waals surface area contributed by atoms with E-state index in [1.54, 1.807) is 26.2 Å². The zero-order chi connectivity index (χ0) is 20.3. The zero-order valence-corrected chi connectivity index (χ0v) is 17.3. The van der Waals surface area contributed by atoms with E-state index in [2.05, 4.69) is 6.92 Å². The number of benzene rings is 2. The highest BCUT2D eigenvalue weighted by atomic mass is 32.1. The van der Waals surface area contributed by atoms with Gasteiger partial charge in [-0.2, -0.15) is 0 Å². The van der Waals surface area contributed by atoms with Gasteiger partial charge in [0, 0.05) is 6.54 Å². The normalized spacial score (nSPS) is 13.9. The monoisotopic (exact) mass is 400 g/mol. The first-order valence-electron chi connectivity index (χ1n) is 9.02. The Labute approximate surface area is 170 Å². The molecular formula is C21H24N2O4S. The van der Waals surface area contributed by atoms with Crippen LogP contribution >= 0.6 is 12.2 Å². The third kappa shape index (κ3) is 3.75. The summed E-state index contributed by atoms with van der Waals surface area (Å²) in [5.41, 5.74) is 2.92. The van der Waals surface area contributed by atoms with Crippen LogP contribution < -0.4 is 19.1 Å². The Kier molecular flexibility index (Phi) is 6.04. The van der Waals surface area contributed by atoms with Gasteiger partial charge >= 0.3 is 0 Å². The van der Waals surface area contributed by atoms with Gasteiger partial charge in [0.2, 0.25) is 5.75 Å². The predicted molar refractivity (Wildman–Crippen MR) is 112 cm³/mol. The Morgan fingerprint density at radius 2 is 1.57 bits per heavy atom. The van der Waals surface area contributed by atoms with Crippen molar-refractivity contribution >= 4 is 28.9 Å². The Hall–Kier alpha value is -2.80. The van der Waals surface area contributed by atoms with Gasteiger partial charge in [-0.1, -0.05) is 19.1 Å². The van der Waals surface area contributed by atoms with Crippen LogP contribution in [0.25, 0.3) is 0 Å². The highest BCUT2D eigenvalue weighted by Crippen LogP contribution is 2.38. The number of carbonyl (C=O) groups is 1. The third-order valence-electron chi connectivity index (χ3n) is 4.74. The van der Waals surface area contributed by atoms with E-state index in [1.807, 2.05) is 41.3 Å². The smallest absolute Gasteiger partial charge is 0.252 e. The number of anilines is 1. The summed E-state index contributed by atoms with van der Waals surface area (Å²) in [6, 6.07) is 11.7. The second-order valence-corrected chi connectivity index (χ2v) is 6.79.